The second-order valence-electron chi connectivity index (χ2n) is 3.04. The normalized spacial score (nSPS) is 10.0. The molecule has 0 saturated carbocycles. The van der Waals surface area contributed by atoms with Gasteiger partial charge in [0.05, 0.1) is 0 Å². The van der Waals surface area contributed by atoms with Crippen LogP contribution in [0.15, 0.2) is 22.7 Å². The summed E-state index contributed by atoms with van der Waals surface area (Å²) in [7, 11) is 1.93. The zero-order chi connectivity index (χ0) is 9.97. The monoisotopic (exact) mass is 228 g/mol. The summed E-state index contributed by atoms with van der Waals surface area (Å²) >= 11 is 0. The van der Waals surface area contributed by atoms with Crippen molar-refractivity contribution in [1.82, 2.24) is 14.8 Å². The first-order valence-corrected chi connectivity index (χ1v) is 4.45. The van der Waals surface area contributed by atoms with Crippen molar-refractivity contribution in [2.45, 2.75) is 6.42 Å². The van der Waals surface area contributed by atoms with Gasteiger partial charge in [0.25, 0.3) is 5.89 Å². The smallest absolute Gasteiger partial charge is 0.264 e. The van der Waals surface area contributed by atoms with Crippen LogP contribution < -0.4 is 5.73 Å². The van der Waals surface area contributed by atoms with Gasteiger partial charge in [0.2, 0.25) is 5.89 Å². The maximum atomic E-state index is 5.43. The Bertz CT molecular complexity index is 423. The van der Waals surface area contributed by atoms with Crippen LogP contribution in [0.4, 0.5) is 0 Å². The van der Waals surface area contributed by atoms with Crippen molar-refractivity contribution in [3.63, 3.8) is 0 Å². The molecule has 2 heterocycles. The van der Waals surface area contributed by atoms with E-state index in [1.54, 1.807) is 0 Å². The number of aromatic nitrogens is 3. The van der Waals surface area contributed by atoms with E-state index in [1.165, 1.54) is 0 Å². The summed E-state index contributed by atoms with van der Waals surface area (Å²) in [6.45, 7) is 0.523. The number of hydrogen-bond acceptors (Lipinski definition) is 4. The molecule has 0 aliphatic carbocycles. The molecule has 0 saturated heterocycles. The standard InChI is InChI=1S/C9H12N4O.ClH/c1-13-6-2-3-7(13)9-12-11-8(14-9)4-5-10;/h2-3,6H,4-5,10H2,1H3;1H. The molecule has 0 aromatic carbocycles. The van der Waals surface area contributed by atoms with Crippen LogP contribution in [0.3, 0.4) is 0 Å². The van der Waals surface area contributed by atoms with Gasteiger partial charge >= 0.3 is 0 Å². The lowest BCUT2D eigenvalue weighted by Crippen LogP contribution is -2.02. The van der Waals surface area contributed by atoms with Gasteiger partial charge in [-0.15, -0.1) is 22.6 Å². The lowest BCUT2D eigenvalue weighted by molar-refractivity contribution is 0.504. The highest BCUT2D eigenvalue weighted by Gasteiger charge is 2.09. The SMILES string of the molecule is Cl.Cn1cccc1-c1nnc(CCN)o1. The fourth-order valence-electron chi connectivity index (χ4n) is 1.26. The summed E-state index contributed by atoms with van der Waals surface area (Å²) < 4.78 is 7.36. The molecule has 2 rings (SSSR count). The number of rotatable bonds is 3. The highest BCUT2D eigenvalue weighted by Crippen LogP contribution is 2.17. The van der Waals surface area contributed by atoms with Gasteiger partial charge in [0.15, 0.2) is 0 Å². The Morgan fingerprint density at radius 3 is 2.87 bits per heavy atom. The molecule has 0 aliphatic rings. The van der Waals surface area contributed by atoms with Crippen LogP contribution in [0.1, 0.15) is 5.89 Å². The van der Waals surface area contributed by atoms with E-state index >= 15 is 0 Å². The molecule has 0 spiro atoms. The van der Waals surface area contributed by atoms with E-state index in [1.807, 2.05) is 29.9 Å². The average Bonchev–Trinajstić information content (AvgIpc) is 2.74. The predicted molar refractivity (Wildman–Crippen MR) is 58.7 cm³/mol. The van der Waals surface area contributed by atoms with Gasteiger partial charge in [-0.3, -0.25) is 0 Å². The third-order valence-corrected chi connectivity index (χ3v) is 1.99. The minimum absolute atomic E-state index is 0. The minimum Gasteiger partial charge on any atom is -0.419 e. The lowest BCUT2D eigenvalue weighted by atomic mass is 10.4. The first-order valence-electron chi connectivity index (χ1n) is 4.45. The van der Waals surface area contributed by atoms with Gasteiger partial charge in [-0.1, -0.05) is 0 Å². The molecule has 2 aromatic heterocycles. The summed E-state index contributed by atoms with van der Waals surface area (Å²) in [5.74, 6) is 1.13. The maximum absolute atomic E-state index is 5.43. The van der Waals surface area contributed by atoms with Gasteiger partial charge in [-0.25, -0.2) is 0 Å². The van der Waals surface area contributed by atoms with Crippen LogP contribution in [0.5, 0.6) is 0 Å². The van der Waals surface area contributed by atoms with Crippen molar-refractivity contribution in [3.05, 3.63) is 24.2 Å². The first-order chi connectivity index (χ1) is 6.81. The molecular weight excluding hydrogens is 216 g/mol. The lowest BCUT2D eigenvalue weighted by Gasteiger charge is -1.95. The van der Waals surface area contributed by atoms with Gasteiger partial charge < -0.3 is 14.7 Å². The molecular formula is C9H13ClN4O. The highest BCUT2D eigenvalue weighted by molar-refractivity contribution is 5.85. The van der Waals surface area contributed by atoms with Crippen molar-refractivity contribution in [2.24, 2.45) is 12.8 Å². The van der Waals surface area contributed by atoms with Gasteiger partial charge in [0, 0.05) is 26.2 Å². The van der Waals surface area contributed by atoms with Crippen molar-refractivity contribution < 1.29 is 4.42 Å². The van der Waals surface area contributed by atoms with Crippen LogP contribution in [0, 0.1) is 0 Å². The van der Waals surface area contributed by atoms with Crippen molar-refractivity contribution in [2.75, 3.05) is 6.54 Å². The van der Waals surface area contributed by atoms with E-state index in [0.29, 0.717) is 24.7 Å². The van der Waals surface area contributed by atoms with Crippen LogP contribution in [0.2, 0.25) is 0 Å². The minimum atomic E-state index is 0. The molecule has 0 amide bonds. The predicted octanol–water partition coefficient (Wildman–Crippen LogP) is 0.998. The molecule has 2 aromatic rings. The molecule has 82 valence electrons. The Labute approximate surface area is 93.7 Å². The quantitative estimate of drug-likeness (QED) is 0.851. The second kappa shape index (κ2) is 4.95. The molecule has 0 atom stereocenters. The van der Waals surface area contributed by atoms with Crippen LogP contribution in [-0.2, 0) is 13.5 Å². The number of halogens is 1. The Kier molecular flexibility index (Phi) is 3.88. The molecule has 0 bridgehead atoms. The summed E-state index contributed by atoms with van der Waals surface area (Å²) in [4.78, 5) is 0. The summed E-state index contributed by atoms with van der Waals surface area (Å²) in [6, 6.07) is 3.86. The average molecular weight is 229 g/mol. The fraction of sp³-hybridized carbons (Fsp3) is 0.333. The molecule has 0 unspecified atom stereocenters. The van der Waals surface area contributed by atoms with E-state index in [4.69, 9.17) is 10.2 Å². The molecule has 0 fully saturated rings. The third-order valence-electron chi connectivity index (χ3n) is 1.99. The Morgan fingerprint density at radius 1 is 1.47 bits per heavy atom. The van der Waals surface area contributed by atoms with Crippen molar-refractivity contribution in [3.8, 4) is 11.6 Å². The van der Waals surface area contributed by atoms with Crippen molar-refractivity contribution in [1.29, 1.82) is 0 Å². The topological polar surface area (TPSA) is 69.9 Å². The van der Waals surface area contributed by atoms with Gasteiger partial charge in [0.1, 0.15) is 5.69 Å². The summed E-state index contributed by atoms with van der Waals surface area (Å²) in [5, 5.41) is 7.84. The highest BCUT2D eigenvalue weighted by atomic mass is 35.5. The zero-order valence-corrected chi connectivity index (χ0v) is 9.20. The van der Waals surface area contributed by atoms with E-state index in [9.17, 15) is 0 Å². The summed E-state index contributed by atoms with van der Waals surface area (Å²) in [5.41, 5.74) is 6.30. The number of hydrogen-bond donors (Lipinski definition) is 1. The molecule has 2 N–H and O–H groups in total. The van der Waals surface area contributed by atoms with Gasteiger partial charge in [-0.05, 0) is 12.1 Å². The molecule has 15 heavy (non-hydrogen) atoms. The van der Waals surface area contributed by atoms with E-state index in [2.05, 4.69) is 10.2 Å². The Hall–Kier alpha value is -1.33. The number of aryl methyl sites for hydroxylation is 1. The second-order valence-corrected chi connectivity index (χ2v) is 3.04. The molecule has 6 heteroatoms. The maximum Gasteiger partial charge on any atom is 0.264 e. The fourth-order valence-corrected chi connectivity index (χ4v) is 1.26. The molecule has 0 aliphatic heterocycles. The van der Waals surface area contributed by atoms with Gasteiger partial charge in [-0.2, -0.15) is 0 Å². The zero-order valence-electron chi connectivity index (χ0n) is 8.38. The van der Waals surface area contributed by atoms with Crippen LogP contribution in [0.25, 0.3) is 11.6 Å². The van der Waals surface area contributed by atoms with Crippen molar-refractivity contribution >= 4 is 12.4 Å². The van der Waals surface area contributed by atoms with Crippen LogP contribution >= 0.6 is 12.4 Å². The first kappa shape index (κ1) is 11.7. The summed E-state index contributed by atoms with van der Waals surface area (Å²) in [6.07, 6.45) is 2.56. The largest absolute Gasteiger partial charge is 0.419 e. The third kappa shape index (κ3) is 2.37. The number of nitrogens with zero attached hydrogens (tertiary/aromatic N) is 3. The Morgan fingerprint density at radius 2 is 2.27 bits per heavy atom. The van der Waals surface area contributed by atoms with E-state index < -0.39 is 0 Å². The van der Waals surface area contributed by atoms with E-state index in [0.717, 1.165) is 5.69 Å². The van der Waals surface area contributed by atoms with Crippen LogP contribution in [-0.4, -0.2) is 21.3 Å². The van der Waals surface area contributed by atoms with E-state index in [-0.39, 0.29) is 12.4 Å². The Balaban J connectivity index is 0.00000112. The number of nitrogens with two attached hydrogens (primary N) is 1. The molecule has 5 nitrogen and oxygen atoms in total. The molecule has 0 radical (unpaired) electrons.